The summed E-state index contributed by atoms with van der Waals surface area (Å²) < 4.78 is 4.64. The Balaban J connectivity index is 1.56. The topological polar surface area (TPSA) is 84.5 Å². The minimum atomic E-state index is -0.432. The number of amides is 2. The molecule has 0 aliphatic heterocycles. The van der Waals surface area contributed by atoms with Crippen molar-refractivity contribution in [1.29, 1.82) is 0 Å². The lowest BCUT2D eigenvalue weighted by atomic mass is 10.1. The predicted molar refractivity (Wildman–Crippen MR) is 103 cm³/mol. The van der Waals surface area contributed by atoms with Gasteiger partial charge in [-0.2, -0.15) is 0 Å². The number of methoxy groups -OCH3 is 1. The number of nitrogens with one attached hydrogen (secondary N) is 2. The molecule has 2 N–H and O–H groups in total. The van der Waals surface area contributed by atoms with Gasteiger partial charge in [0.05, 0.1) is 24.5 Å². The van der Waals surface area contributed by atoms with Gasteiger partial charge < -0.3 is 15.4 Å². The number of aryl methyl sites for hydroxylation is 2. The molecule has 1 fully saturated rings. The van der Waals surface area contributed by atoms with Gasteiger partial charge in [0.15, 0.2) is 0 Å². The van der Waals surface area contributed by atoms with E-state index in [2.05, 4.69) is 15.4 Å². The lowest BCUT2D eigenvalue weighted by molar-refractivity contribution is -0.122. The van der Waals surface area contributed by atoms with Crippen LogP contribution in [0.5, 0.6) is 0 Å². The monoisotopic (exact) mass is 366 g/mol. The van der Waals surface area contributed by atoms with E-state index < -0.39 is 5.97 Å². The second-order valence-corrected chi connectivity index (χ2v) is 6.81. The van der Waals surface area contributed by atoms with Crippen molar-refractivity contribution in [1.82, 2.24) is 0 Å². The first-order valence-corrected chi connectivity index (χ1v) is 8.76. The van der Waals surface area contributed by atoms with Crippen molar-refractivity contribution in [3.63, 3.8) is 0 Å². The molecule has 0 radical (unpaired) electrons. The van der Waals surface area contributed by atoms with E-state index in [9.17, 15) is 14.4 Å². The predicted octanol–water partition coefficient (Wildman–Crippen LogP) is 3.30. The van der Waals surface area contributed by atoms with Crippen molar-refractivity contribution in [3.8, 4) is 0 Å². The number of carbonyl (C=O) groups excluding carboxylic acids is 3. The van der Waals surface area contributed by atoms with Crippen LogP contribution in [0.15, 0.2) is 42.5 Å². The Morgan fingerprint density at radius 3 is 2.19 bits per heavy atom. The normalized spacial score (nSPS) is 17.7. The molecular weight excluding hydrogens is 344 g/mol. The number of rotatable bonds is 5. The van der Waals surface area contributed by atoms with Crippen molar-refractivity contribution >= 4 is 29.2 Å². The van der Waals surface area contributed by atoms with Crippen LogP contribution in [0.2, 0.25) is 0 Å². The highest BCUT2D eigenvalue weighted by Crippen LogP contribution is 2.40. The third-order valence-electron chi connectivity index (χ3n) is 4.69. The average molecular weight is 366 g/mol. The van der Waals surface area contributed by atoms with Crippen LogP contribution in [0.1, 0.15) is 27.9 Å². The van der Waals surface area contributed by atoms with Crippen LogP contribution in [-0.4, -0.2) is 24.9 Å². The first kappa shape index (κ1) is 18.6. The molecule has 2 amide bonds. The zero-order valence-corrected chi connectivity index (χ0v) is 15.5. The smallest absolute Gasteiger partial charge is 0.337 e. The summed E-state index contributed by atoms with van der Waals surface area (Å²) >= 11 is 0. The standard InChI is InChI=1S/C21H22N2O4/c1-12-4-5-13(2)18(10-12)23-20(25)17-11-16(17)19(24)22-15-8-6-14(7-9-15)21(26)27-3/h4-10,16-17H,11H2,1-3H3,(H,22,24)(H,23,25). The molecule has 2 aromatic carbocycles. The molecule has 0 spiro atoms. The molecule has 2 atom stereocenters. The Labute approximate surface area is 157 Å². The van der Waals surface area contributed by atoms with E-state index in [1.54, 1.807) is 24.3 Å². The minimum Gasteiger partial charge on any atom is -0.465 e. The number of hydrogen-bond donors (Lipinski definition) is 2. The first-order chi connectivity index (χ1) is 12.9. The van der Waals surface area contributed by atoms with Crippen LogP contribution in [-0.2, 0) is 14.3 Å². The molecule has 6 heteroatoms. The maximum atomic E-state index is 12.4. The molecule has 140 valence electrons. The number of anilines is 2. The van der Waals surface area contributed by atoms with Crippen LogP contribution in [0.4, 0.5) is 11.4 Å². The summed E-state index contributed by atoms with van der Waals surface area (Å²) in [7, 11) is 1.31. The molecule has 6 nitrogen and oxygen atoms in total. The summed E-state index contributed by atoms with van der Waals surface area (Å²) in [5.74, 6) is -1.42. The van der Waals surface area contributed by atoms with Gasteiger partial charge in [-0.25, -0.2) is 4.79 Å². The lowest BCUT2D eigenvalue weighted by Crippen LogP contribution is -2.21. The molecule has 2 unspecified atom stereocenters. The fraction of sp³-hybridized carbons (Fsp3) is 0.286. The van der Waals surface area contributed by atoms with E-state index in [-0.39, 0.29) is 23.7 Å². The Hall–Kier alpha value is -3.15. The number of carbonyl (C=O) groups is 3. The molecule has 0 heterocycles. The maximum Gasteiger partial charge on any atom is 0.337 e. The Kier molecular flexibility index (Phi) is 5.26. The van der Waals surface area contributed by atoms with Gasteiger partial charge in [-0.15, -0.1) is 0 Å². The van der Waals surface area contributed by atoms with Crippen LogP contribution in [0.3, 0.4) is 0 Å². The Bertz CT molecular complexity index is 890. The van der Waals surface area contributed by atoms with Crippen LogP contribution >= 0.6 is 0 Å². The number of hydrogen-bond acceptors (Lipinski definition) is 4. The van der Waals surface area contributed by atoms with Crippen LogP contribution in [0.25, 0.3) is 0 Å². The van der Waals surface area contributed by atoms with Gasteiger partial charge in [-0.1, -0.05) is 12.1 Å². The van der Waals surface area contributed by atoms with Gasteiger partial charge >= 0.3 is 5.97 Å². The summed E-state index contributed by atoms with van der Waals surface area (Å²) in [5.41, 5.74) is 3.82. The number of benzene rings is 2. The molecule has 1 aliphatic carbocycles. The third-order valence-corrected chi connectivity index (χ3v) is 4.69. The van der Waals surface area contributed by atoms with Crippen molar-refractivity contribution in [2.75, 3.05) is 17.7 Å². The summed E-state index contributed by atoms with van der Waals surface area (Å²) in [5, 5.41) is 5.70. The zero-order chi connectivity index (χ0) is 19.6. The van der Waals surface area contributed by atoms with E-state index in [0.29, 0.717) is 17.7 Å². The highest BCUT2D eigenvalue weighted by Gasteiger charge is 2.48. The van der Waals surface area contributed by atoms with E-state index in [4.69, 9.17) is 0 Å². The highest BCUT2D eigenvalue weighted by molar-refractivity contribution is 6.03. The largest absolute Gasteiger partial charge is 0.465 e. The summed E-state index contributed by atoms with van der Waals surface area (Å²) in [4.78, 5) is 36.2. The summed E-state index contributed by atoms with van der Waals surface area (Å²) in [6.07, 6.45) is 0.531. The van der Waals surface area contributed by atoms with Crippen LogP contribution in [0, 0.1) is 25.7 Å². The second kappa shape index (κ2) is 7.61. The molecule has 2 aromatic rings. The first-order valence-electron chi connectivity index (χ1n) is 8.76. The van der Waals surface area contributed by atoms with Crippen molar-refractivity contribution < 1.29 is 19.1 Å². The second-order valence-electron chi connectivity index (χ2n) is 6.81. The Morgan fingerprint density at radius 1 is 0.926 bits per heavy atom. The van der Waals surface area contributed by atoms with Gasteiger partial charge in [0.25, 0.3) is 0 Å². The third kappa shape index (κ3) is 4.34. The molecule has 1 saturated carbocycles. The quantitative estimate of drug-likeness (QED) is 0.795. The van der Waals surface area contributed by atoms with E-state index in [0.717, 1.165) is 16.8 Å². The molecular formula is C21H22N2O4. The number of esters is 1. The number of ether oxygens (including phenoxy) is 1. The molecule has 3 rings (SSSR count). The fourth-order valence-electron chi connectivity index (χ4n) is 2.91. The lowest BCUT2D eigenvalue weighted by Gasteiger charge is -2.09. The molecule has 0 saturated heterocycles. The van der Waals surface area contributed by atoms with E-state index >= 15 is 0 Å². The van der Waals surface area contributed by atoms with Gasteiger partial charge in [-0.05, 0) is 61.7 Å². The Morgan fingerprint density at radius 2 is 1.56 bits per heavy atom. The van der Waals surface area contributed by atoms with Crippen molar-refractivity contribution in [2.24, 2.45) is 11.8 Å². The zero-order valence-electron chi connectivity index (χ0n) is 15.5. The SMILES string of the molecule is COC(=O)c1ccc(NC(=O)C2CC2C(=O)Nc2cc(C)ccc2C)cc1. The van der Waals surface area contributed by atoms with Gasteiger partial charge in [-0.3, -0.25) is 9.59 Å². The van der Waals surface area contributed by atoms with Crippen molar-refractivity contribution in [2.45, 2.75) is 20.3 Å². The summed E-state index contributed by atoms with van der Waals surface area (Å²) in [6, 6.07) is 12.3. The van der Waals surface area contributed by atoms with Crippen molar-refractivity contribution in [3.05, 3.63) is 59.2 Å². The van der Waals surface area contributed by atoms with E-state index in [1.807, 2.05) is 32.0 Å². The summed E-state index contributed by atoms with van der Waals surface area (Å²) in [6.45, 7) is 3.90. The highest BCUT2D eigenvalue weighted by atomic mass is 16.5. The van der Waals surface area contributed by atoms with E-state index in [1.165, 1.54) is 7.11 Å². The van der Waals surface area contributed by atoms with Gasteiger partial charge in [0.1, 0.15) is 0 Å². The molecule has 27 heavy (non-hydrogen) atoms. The molecule has 1 aliphatic rings. The molecule has 0 aromatic heterocycles. The maximum absolute atomic E-state index is 12.4. The van der Waals surface area contributed by atoms with Gasteiger partial charge in [0, 0.05) is 11.4 Å². The average Bonchev–Trinajstić information content (AvgIpc) is 3.46. The van der Waals surface area contributed by atoms with Crippen LogP contribution < -0.4 is 10.6 Å². The minimum absolute atomic E-state index is 0.134. The fourth-order valence-corrected chi connectivity index (χ4v) is 2.91. The van der Waals surface area contributed by atoms with Gasteiger partial charge in [0.2, 0.25) is 11.8 Å². The molecule has 0 bridgehead atoms.